The number of carbonyl (C=O) groups excluding carboxylic acids is 1. The summed E-state index contributed by atoms with van der Waals surface area (Å²) in [6, 6.07) is 4.19. The number of halogens is 4. The van der Waals surface area contributed by atoms with Crippen molar-refractivity contribution in [1.82, 2.24) is 34.5 Å². The van der Waals surface area contributed by atoms with Gasteiger partial charge in [0.05, 0.1) is 25.2 Å². The van der Waals surface area contributed by atoms with Gasteiger partial charge in [-0.2, -0.15) is 18.2 Å². The molecule has 1 saturated heterocycles. The number of hydrogen-bond acceptors (Lipinski definition) is 7. The van der Waals surface area contributed by atoms with Gasteiger partial charge >= 0.3 is 6.18 Å². The average Bonchev–Trinajstić information content (AvgIpc) is 3.47. The second-order valence-corrected chi connectivity index (χ2v) is 8.94. The molecule has 0 radical (unpaired) electrons. The molecule has 1 amide bonds. The molecule has 1 aliphatic rings. The first-order chi connectivity index (χ1) is 17.6. The zero-order valence-corrected chi connectivity index (χ0v) is 20.2. The van der Waals surface area contributed by atoms with Crippen molar-refractivity contribution in [3.63, 3.8) is 0 Å². The van der Waals surface area contributed by atoms with E-state index >= 15 is 0 Å². The van der Waals surface area contributed by atoms with Crippen LogP contribution in [0, 0.1) is 0 Å². The van der Waals surface area contributed by atoms with Crippen molar-refractivity contribution in [2.45, 2.75) is 44.7 Å². The van der Waals surface area contributed by atoms with Crippen LogP contribution in [0.4, 0.5) is 23.5 Å². The van der Waals surface area contributed by atoms with Crippen molar-refractivity contribution < 1.29 is 27.1 Å². The number of aromatic nitrogens is 6. The third-order valence-corrected chi connectivity index (χ3v) is 6.60. The lowest BCUT2D eigenvalue weighted by Gasteiger charge is -2.34. The number of nitrogens with one attached hydrogen (secondary N) is 1. The van der Waals surface area contributed by atoms with Crippen LogP contribution in [-0.2, 0) is 4.79 Å². The monoisotopic (exact) mass is 520 g/mol. The highest BCUT2D eigenvalue weighted by Crippen LogP contribution is 2.35. The molecule has 37 heavy (non-hydrogen) atoms. The van der Waals surface area contributed by atoms with Crippen LogP contribution in [0.2, 0.25) is 0 Å². The Bertz CT molecular complexity index is 1470. The molecule has 1 fully saturated rings. The molecular formula is C23H24F4N8O2. The molecule has 1 aliphatic heterocycles. The number of alkyl halides is 4. The highest BCUT2D eigenvalue weighted by Gasteiger charge is 2.39. The minimum Gasteiger partial charge on any atom is -0.479 e. The molecule has 10 nitrogen and oxygen atoms in total. The summed E-state index contributed by atoms with van der Waals surface area (Å²) in [5.41, 5.74) is 2.26. The standard InChI is InChI=1S/C23H24F4N8O2/c1-12(23(25,26)27)35-19-10-14(4-5-18(19)30-32-35)15-6-9-34-20(15)21(37-3)29-22(31-34)28-17-7-8-33(13(2)36)11-16(17)24/h4-6,9-10,12,16-17H,7-8,11H2,1-3H3,(H,28,31)/t12-,16-,17+/m1/s1. The predicted molar refractivity (Wildman–Crippen MR) is 126 cm³/mol. The molecule has 0 bridgehead atoms. The molecule has 5 rings (SSSR count). The minimum absolute atomic E-state index is 0.0130. The normalized spacial score (nSPS) is 19.4. The summed E-state index contributed by atoms with van der Waals surface area (Å²) in [6.07, 6.45) is -3.74. The first-order valence-corrected chi connectivity index (χ1v) is 11.6. The van der Waals surface area contributed by atoms with Gasteiger partial charge in [0.15, 0.2) is 0 Å². The van der Waals surface area contributed by atoms with Crippen LogP contribution in [0.25, 0.3) is 27.7 Å². The number of ether oxygens (including phenoxy) is 1. The van der Waals surface area contributed by atoms with E-state index in [4.69, 9.17) is 4.74 Å². The Morgan fingerprint density at radius 1 is 1.27 bits per heavy atom. The van der Waals surface area contributed by atoms with E-state index in [1.165, 1.54) is 23.4 Å². The molecule has 0 aliphatic carbocycles. The van der Waals surface area contributed by atoms with Crippen LogP contribution in [0.15, 0.2) is 30.5 Å². The summed E-state index contributed by atoms with van der Waals surface area (Å²) >= 11 is 0. The lowest BCUT2D eigenvalue weighted by atomic mass is 10.0. The molecule has 4 heterocycles. The quantitative estimate of drug-likeness (QED) is 0.401. The van der Waals surface area contributed by atoms with E-state index in [9.17, 15) is 22.4 Å². The molecule has 1 aromatic carbocycles. The largest absolute Gasteiger partial charge is 0.479 e. The Morgan fingerprint density at radius 3 is 2.73 bits per heavy atom. The van der Waals surface area contributed by atoms with Gasteiger partial charge in [0.2, 0.25) is 17.7 Å². The van der Waals surface area contributed by atoms with Crippen molar-refractivity contribution >= 4 is 28.4 Å². The molecule has 3 aromatic heterocycles. The fourth-order valence-corrected chi connectivity index (χ4v) is 4.48. The number of carbonyl (C=O) groups is 1. The zero-order valence-electron chi connectivity index (χ0n) is 20.2. The van der Waals surface area contributed by atoms with E-state index in [1.807, 2.05) is 0 Å². The Morgan fingerprint density at radius 2 is 2.05 bits per heavy atom. The summed E-state index contributed by atoms with van der Waals surface area (Å²) in [7, 11) is 1.43. The second-order valence-electron chi connectivity index (χ2n) is 8.94. The summed E-state index contributed by atoms with van der Waals surface area (Å²) < 4.78 is 62.6. The minimum atomic E-state index is -4.48. The van der Waals surface area contributed by atoms with Crippen LogP contribution >= 0.6 is 0 Å². The van der Waals surface area contributed by atoms with Gasteiger partial charge < -0.3 is 15.0 Å². The van der Waals surface area contributed by atoms with E-state index in [1.54, 1.807) is 30.5 Å². The van der Waals surface area contributed by atoms with Crippen molar-refractivity contribution in [2.75, 3.05) is 25.5 Å². The molecule has 0 saturated carbocycles. The van der Waals surface area contributed by atoms with E-state index in [0.29, 0.717) is 35.1 Å². The molecule has 14 heteroatoms. The lowest BCUT2D eigenvalue weighted by Crippen LogP contribution is -2.49. The van der Waals surface area contributed by atoms with Crippen molar-refractivity contribution in [3.05, 3.63) is 30.5 Å². The zero-order chi connectivity index (χ0) is 26.5. The Balaban J connectivity index is 1.49. The number of methoxy groups -OCH3 is 1. The number of rotatable bonds is 5. The third-order valence-electron chi connectivity index (χ3n) is 6.60. The number of likely N-dealkylation sites (tertiary alicyclic amines) is 1. The van der Waals surface area contributed by atoms with Gasteiger partial charge in [0.1, 0.15) is 23.2 Å². The number of nitrogens with zero attached hydrogens (tertiary/aromatic N) is 7. The Hall–Kier alpha value is -3.97. The first kappa shape index (κ1) is 24.7. The number of benzene rings is 1. The molecule has 0 spiro atoms. The summed E-state index contributed by atoms with van der Waals surface area (Å²) in [6.45, 7) is 2.83. The van der Waals surface area contributed by atoms with Gasteiger partial charge in [-0.15, -0.1) is 10.2 Å². The molecule has 3 atom stereocenters. The van der Waals surface area contributed by atoms with Crippen molar-refractivity contribution in [1.29, 1.82) is 0 Å². The predicted octanol–water partition coefficient (Wildman–Crippen LogP) is 3.64. The average molecular weight is 520 g/mol. The summed E-state index contributed by atoms with van der Waals surface area (Å²) in [5.74, 6) is 0.168. The fourth-order valence-electron chi connectivity index (χ4n) is 4.48. The number of amides is 1. The molecule has 4 aromatic rings. The first-order valence-electron chi connectivity index (χ1n) is 11.6. The number of hydrogen-bond donors (Lipinski definition) is 1. The van der Waals surface area contributed by atoms with Gasteiger partial charge in [0.25, 0.3) is 0 Å². The number of anilines is 1. The molecular weight excluding hydrogens is 496 g/mol. The highest BCUT2D eigenvalue weighted by molar-refractivity contribution is 5.89. The van der Waals surface area contributed by atoms with Crippen molar-refractivity contribution in [3.8, 4) is 17.0 Å². The fraction of sp³-hybridized carbons (Fsp3) is 0.435. The topological polar surface area (TPSA) is 102 Å². The van der Waals surface area contributed by atoms with Crippen molar-refractivity contribution in [2.24, 2.45) is 0 Å². The summed E-state index contributed by atoms with van der Waals surface area (Å²) in [5, 5.41) is 15.0. The SMILES string of the molecule is COc1nc(N[C@H]2CCN(C(C)=O)C[C@H]2F)nn2ccc(-c3ccc4nnn([C@H](C)C(F)(F)F)c4c3)c12. The van der Waals surface area contributed by atoms with E-state index in [2.05, 4.69) is 25.7 Å². The molecule has 1 N–H and O–H groups in total. The summed E-state index contributed by atoms with van der Waals surface area (Å²) in [4.78, 5) is 17.4. The highest BCUT2D eigenvalue weighted by atomic mass is 19.4. The number of fused-ring (bicyclic) bond motifs is 2. The van der Waals surface area contributed by atoms with Crippen LogP contribution in [-0.4, -0.2) is 79.0 Å². The van der Waals surface area contributed by atoms with Crippen LogP contribution in [0.1, 0.15) is 26.3 Å². The van der Waals surface area contributed by atoms with Crippen LogP contribution in [0.5, 0.6) is 5.88 Å². The number of piperidine rings is 1. The maximum absolute atomic E-state index is 14.7. The van der Waals surface area contributed by atoms with Gasteiger partial charge in [0, 0.05) is 25.2 Å². The molecule has 0 unspecified atom stereocenters. The van der Waals surface area contributed by atoms with Gasteiger partial charge in [-0.1, -0.05) is 11.3 Å². The lowest BCUT2D eigenvalue weighted by molar-refractivity contribution is -0.164. The second kappa shape index (κ2) is 9.16. The smallest absolute Gasteiger partial charge is 0.410 e. The maximum Gasteiger partial charge on any atom is 0.410 e. The maximum atomic E-state index is 14.7. The van der Waals surface area contributed by atoms with Crippen LogP contribution < -0.4 is 10.1 Å². The van der Waals surface area contributed by atoms with E-state index in [0.717, 1.165) is 11.6 Å². The van der Waals surface area contributed by atoms with E-state index < -0.39 is 24.4 Å². The van der Waals surface area contributed by atoms with E-state index in [-0.39, 0.29) is 29.8 Å². The third kappa shape index (κ3) is 4.51. The van der Waals surface area contributed by atoms with Gasteiger partial charge in [-0.25, -0.2) is 13.6 Å². The van der Waals surface area contributed by atoms with Gasteiger partial charge in [-0.3, -0.25) is 4.79 Å². The molecule has 196 valence electrons. The Kier molecular flexibility index (Phi) is 6.12. The van der Waals surface area contributed by atoms with Crippen LogP contribution in [0.3, 0.4) is 0 Å². The Labute approximate surface area is 208 Å². The van der Waals surface area contributed by atoms with Gasteiger partial charge in [-0.05, 0) is 37.1 Å².